The zero-order valence-electron chi connectivity index (χ0n) is 18.2. The zero-order valence-corrected chi connectivity index (χ0v) is 18.2. The molecule has 0 atom stereocenters. The van der Waals surface area contributed by atoms with E-state index in [-0.39, 0.29) is 17.7 Å². The lowest BCUT2D eigenvalue weighted by Gasteiger charge is -2.14. The number of phenolic OH excluding ortho intramolecular Hbond substituents is 1. The molecule has 0 bridgehead atoms. The fourth-order valence-corrected chi connectivity index (χ4v) is 2.91. The summed E-state index contributed by atoms with van der Waals surface area (Å²) in [6, 6.07) is 12.8. The summed E-state index contributed by atoms with van der Waals surface area (Å²) in [7, 11) is 3.57. The highest BCUT2D eigenvalue weighted by molar-refractivity contribution is 5.85. The Hall–Kier alpha value is -3.81. The van der Waals surface area contributed by atoms with Gasteiger partial charge in [-0.1, -0.05) is 12.1 Å². The Labute approximate surface area is 182 Å². The average Bonchev–Trinajstić information content (AvgIpc) is 2.75. The lowest BCUT2D eigenvalue weighted by Crippen LogP contribution is -2.30. The topological polar surface area (TPSA) is 106 Å². The number of nitrogens with zero attached hydrogens (tertiary/aromatic N) is 4. The van der Waals surface area contributed by atoms with Gasteiger partial charge in [-0.25, -0.2) is 9.97 Å². The second-order valence-electron chi connectivity index (χ2n) is 6.87. The van der Waals surface area contributed by atoms with E-state index in [0.717, 1.165) is 16.9 Å². The van der Waals surface area contributed by atoms with Crippen molar-refractivity contribution in [3.63, 3.8) is 0 Å². The van der Waals surface area contributed by atoms with Crippen LogP contribution in [-0.4, -0.2) is 53.2 Å². The van der Waals surface area contributed by atoms with Crippen LogP contribution in [0, 0.1) is 0 Å². The predicted octanol–water partition coefficient (Wildman–Crippen LogP) is 3.82. The fourth-order valence-electron chi connectivity index (χ4n) is 2.91. The maximum atomic E-state index is 10.7. The van der Waals surface area contributed by atoms with Gasteiger partial charge in [0.25, 0.3) is 5.95 Å². The van der Waals surface area contributed by atoms with E-state index in [4.69, 9.17) is 15.2 Å². The van der Waals surface area contributed by atoms with Gasteiger partial charge < -0.3 is 25.2 Å². The average molecular weight is 422 g/mol. The summed E-state index contributed by atoms with van der Waals surface area (Å²) < 4.78 is 11.0. The summed E-state index contributed by atoms with van der Waals surface area (Å²) in [6.45, 7) is 4.92. The van der Waals surface area contributed by atoms with Crippen LogP contribution in [0.5, 0.6) is 17.2 Å². The monoisotopic (exact) mass is 421 g/mol. The summed E-state index contributed by atoms with van der Waals surface area (Å²) in [6.07, 6.45) is 1.68. The minimum Gasteiger partial charge on any atom is -0.507 e. The van der Waals surface area contributed by atoms with Crippen molar-refractivity contribution in [2.75, 3.05) is 27.3 Å². The highest BCUT2D eigenvalue weighted by Crippen LogP contribution is 2.38. The Kier molecular flexibility index (Phi) is 6.92. The smallest absolute Gasteiger partial charge is 0.253 e. The van der Waals surface area contributed by atoms with Crippen LogP contribution in [0.1, 0.15) is 13.8 Å². The third-order valence-electron chi connectivity index (χ3n) is 4.46. The van der Waals surface area contributed by atoms with Crippen LogP contribution in [-0.2, 0) is 0 Å². The second kappa shape index (κ2) is 9.80. The molecule has 0 spiro atoms. The van der Waals surface area contributed by atoms with Gasteiger partial charge >= 0.3 is 0 Å². The van der Waals surface area contributed by atoms with Crippen molar-refractivity contribution in [3.8, 4) is 39.6 Å². The quantitative estimate of drug-likeness (QED) is 0.441. The molecule has 1 heterocycles. The number of guanidine groups is 1. The largest absolute Gasteiger partial charge is 0.507 e. The van der Waals surface area contributed by atoms with Crippen LogP contribution in [0.15, 0.2) is 53.7 Å². The van der Waals surface area contributed by atoms with Crippen LogP contribution >= 0.6 is 0 Å². The van der Waals surface area contributed by atoms with E-state index in [2.05, 4.69) is 15.0 Å². The number of aromatic nitrogens is 2. The van der Waals surface area contributed by atoms with Gasteiger partial charge in [-0.05, 0) is 43.7 Å². The highest BCUT2D eigenvalue weighted by atomic mass is 16.5. The van der Waals surface area contributed by atoms with E-state index in [0.29, 0.717) is 30.2 Å². The molecule has 8 nitrogen and oxygen atoms in total. The first-order valence-electron chi connectivity index (χ1n) is 10.0. The fraction of sp³-hybridized carbons (Fsp3) is 0.261. The molecule has 8 heteroatoms. The second-order valence-corrected chi connectivity index (χ2v) is 6.87. The maximum absolute atomic E-state index is 10.7. The standard InChI is InChI=1S/C23H27N5O3/c1-5-30-16-9-7-15(8-10-16)19-14-25-23(27-22(24)28(3)4)26-21(19)18-12-11-17(31-6-2)13-20(18)29/h7-14,29H,5-6H2,1-4H3,(H2,24,25,26,27). The van der Waals surface area contributed by atoms with E-state index >= 15 is 0 Å². The molecule has 1 aromatic heterocycles. The molecular formula is C23H27N5O3. The summed E-state index contributed by atoms with van der Waals surface area (Å²) in [4.78, 5) is 14.9. The molecule has 31 heavy (non-hydrogen) atoms. The first kappa shape index (κ1) is 21.9. The van der Waals surface area contributed by atoms with E-state index in [1.165, 1.54) is 0 Å². The van der Waals surface area contributed by atoms with E-state index in [9.17, 15) is 5.11 Å². The van der Waals surface area contributed by atoms with Crippen molar-refractivity contribution >= 4 is 11.9 Å². The number of nitrogens with two attached hydrogens (primary N) is 1. The molecule has 3 aromatic rings. The minimum absolute atomic E-state index is 0.0485. The summed E-state index contributed by atoms with van der Waals surface area (Å²) in [5.41, 5.74) is 8.62. The van der Waals surface area contributed by atoms with Crippen molar-refractivity contribution in [2.24, 2.45) is 10.7 Å². The molecule has 3 N–H and O–H groups in total. The molecule has 2 aromatic carbocycles. The lowest BCUT2D eigenvalue weighted by atomic mass is 10.00. The lowest BCUT2D eigenvalue weighted by molar-refractivity contribution is 0.338. The van der Waals surface area contributed by atoms with Crippen molar-refractivity contribution in [1.29, 1.82) is 0 Å². The van der Waals surface area contributed by atoms with Crippen LogP contribution in [0.3, 0.4) is 0 Å². The van der Waals surface area contributed by atoms with E-state index in [1.807, 2.05) is 38.1 Å². The Bertz CT molecular complexity index is 1070. The number of hydrogen-bond donors (Lipinski definition) is 2. The van der Waals surface area contributed by atoms with Gasteiger partial charge in [0.05, 0.1) is 18.9 Å². The Morgan fingerprint density at radius 2 is 1.65 bits per heavy atom. The van der Waals surface area contributed by atoms with Crippen LogP contribution in [0.25, 0.3) is 22.4 Å². The van der Waals surface area contributed by atoms with Gasteiger partial charge in [0.15, 0.2) is 5.96 Å². The van der Waals surface area contributed by atoms with Gasteiger partial charge in [-0.15, -0.1) is 0 Å². The Morgan fingerprint density at radius 3 is 2.26 bits per heavy atom. The van der Waals surface area contributed by atoms with Crippen molar-refractivity contribution in [2.45, 2.75) is 13.8 Å². The number of hydrogen-bond acceptors (Lipinski definition) is 6. The molecule has 0 aliphatic heterocycles. The number of ether oxygens (including phenoxy) is 2. The van der Waals surface area contributed by atoms with Crippen molar-refractivity contribution < 1.29 is 14.6 Å². The van der Waals surface area contributed by atoms with Crippen LogP contribution in [0.2, 0.25) is 0 Å². The number of aliphatic imine (C=N–C) groups is 1. The van der Waals surface area contributed by atoms with E-state index in [1.54, 1.807) is 43.4 Å². The number of benzene rings is 2. The van der Waals surface area contributed by atoms with Crippen LogP contribution < -0.4 is 15.2 Å². The third kappa shape index (κ3) is 5.22. The normalized spacial score (nSPS) is 11.3. The summed E-state index contributed by atoms with van der Waals surface area (Å²) in [5, 5.41) is 10.7. The molecule has 0 fully saturated rings. The SMILES string of the molecule is CCOc1ccc(-c2cnc(/N=C(/N)N(C)C)nc2-c2ccc(OCC)cc2O)cc1. The highest BCUT2D eigenvalue weighted by Gasteiger charge is 2.16. The molecule has 0 radical (unpaired) electrons. The maximum Gasteiger partial charge on any atom is 0.253 e. The number of aromatic hydroxyl groups is 1. The predicted molar refractivity (Wildman–Crippen MR) is 122 cm³/mol. The van der Waals surface area contributed by atoms with Gasteiger partial charge in [0, 0.05) is 37.5 Å². The molecule has 0 saturated carbocycles. The number of phenols is 1. The molecule has 0 aliphatic rings. The third-order valence-corrected chi connectivity index (χ3v) is 4.46. The molecule has 3 rings (SSSR count). The molecule has 0 saturated heterocycles. The molecule has 0 aliphatic carbocycles. The van der Waals surface area contributed by atoms with Gasteiger partial charge in [0.1, 0.15) is 17.2 Å². The van der Waals surface area contributed by atoms with Crippen molar-refractivity contribution in [3.05, 3.63) is 48.7 Å². The summed E-state index contributed by atoms with van der Waals surface area (Å²) in [5.74, 6) is 1.88. The van der Waals surface area contributed by atoms with Gasteiger partial charge in [-0.3, -0.25) is 0 Å². The van der Waals surface area contributed by atoms with Crippen molar-refractivity contribution in [1.82, 2.24) is 14.9 Å². The summed E-state index contributed by atoms with van der Waals surface area (Å²) >= 11 is 0. The van der Waals surface area contributed by atoms with E-state index < -0.39 is 0 Å². The molecular weight excluding hydrogens is 394 g/mol. The molecule has 162 valence electrons. The zero-order chi connectivity index (χ0) is 22.4. The van der Waals surface area contributed by atoms with Crippen LogP contribution in [0.4, 0.5) is 5.95 Å². The first-order chi connectivity index (χ1) is 14.9. The Balaban J connectivity index is 2.13. The molecule has 0 unspecified atom stereocenters. The number of rotatable bonds is 7. The molecule has 0 amide bonds. The Morgan fingerprint density at radius 1 is 1.00 bits per heavy atom. The minimum atomic E-state index is 0.0485. The van der Waals surface area contributed by atoms with Gasteiger partial charge in [0.2, 0.25) is 0 Å². The first-order valence-corrected chi connectivity index (χ1v) is 10.0. The van der Waals surface area contributed by atoms with Gasteiger partial charge in [-0.2, -0.15) is 4.99 Å².